The number of nitrogens with zero attached hydrogens (tertiary/aromatic N) is 2. The number of methoxy groups -OCH3 is 1. The van der Waals surface area contributed by atoms with Crippen molar-refractivity contribution in [3.05, 3.63) is 33.9 Å². The van der Waals surface area contributed by atoms with Crippen molar-refractivity contribution in [2.24, 2.45) is 0 Å². The fourth-order valence-corrected chi connectivity index (χ4v) is 2.19. The van der Waals surface area contributed by atoms with Crippen LogP contribution in [0.15, 0.2) is 18.2 Å². The molecule has 0 amide bonds. The molecule has 3 N–H and O–H groups in total. The van der Waals surface area contributed by atoms with E-state index in [0.29, 0.717) is 17.1 Å². The number of hydrogen-bond donors (Lipinski definition) is 2. The lowest BCUT2D eigenvalue weighted by Crippen LogP contribution is -1.98. The van der Waals surface area contributed by atoms with E-state index in [9.17, 15) is 10.1 Å². The quantitative estimate of drug-likeness (QED) is 0.644. The first-order valence-electron chi connectivity index (χ1n) is 6.24. The van der Waals surface area contributed by atoms with Gasteiger partial charge in [0.25, 0.3) is 0 Å². The number of anilines is 1. The number of rotatable bonds is 5. The smallest absolute Gasteiger partial charge is 0.311 e. The number of aromatic amines is 1. The number of nitrogens with one attached hydrogen (secondary N) is 1. The molecule has 0 bridgehead atoms. The Bertz CT molecular complexity index is 637. The van der Waals surface area contributed by atoms with Gasteiger partial charge in [-0.05, 0) is 12.5 Å². The minimum atomic E-state index is -0.471. The normalized spacial score (nSPS) is 10.5. The average Bonchev–Trinajstić information content (AvgIpc) is 2.79. The lowest BCUT2D eigenvalue weighted by atomic mass is 10.0. The van der Waals surface area contributed by atoms with E-state index in [1.807, 2.05) is 6.92 Å². The minimum absolute atomic E-state index is 0.0828. The Balaban J connectivity index is 2.64. The van der Waals surface area contributed by atoms with Gasteiger partial charge in [-0.2, -0.15) is 5.10 Å². The zero-order valence-electron chi connectivity index (χ0n) is 11.3. The van der Waals surface area contributed by atoms with E-state index in [-0.39, 0.29) is 11.4 Å². The molecule has 0 saturated heterocycles. The highest BCUT2D eigenvalue weighted by molar-refractivity contribution is 5.77. The number of aromatic nitrogens is 2. The van der Waals surface area contributed by atoms with Crippen LogP contribution in [0.2, 0.25) is 0 Å². The molecule has 7 nitrogen and oxygen atoms in total. The summed E-state index contributed by atoms with van der Waals surface area (Å²) in [6.07, 6.45) is 1.64. The van der Waals surface area contributed by atoms with Crippen LogP contribution in [0, 0.1) is 10.1 Å². The number of para-hydroxylation sites is 1. The standard InChI is InChI=1S/C13H16N4O3/c1-3-5-9-11(15-16-13(9)14)8-6-4-7-10(17(18)19)12(8)20-2/h4,6-7H,3,5H2,1-2H3,(H3,14,15,16). The van der Waals surface area contributed by atoms with E-state index in [4.69, 9.17) is 10.5 Å². The molecule has 7 heteroatoms. The summed E-state index contributed by atoms with van der Waals surface area (Å²) in [4.78, 5) is 10.6. The van der Waals surface area contributed by atoms with Crippen LogP contribution in [0.1, 0.15) is 18.9 Å². The van der Waals surface area contributed by atoms with E-state index in [1.54, 1.807) is 12.1 Å². The molecule has 0 saturated carbocycles. The molecule has 0 radical (unpaired) electrons. The summed E-state index contributed by atoms with van der Waals surface area (Å²) >= 11 is 0. The topological polar surface area (TPSA) is 107 Å². The van der Waals surface area contributed by atoms with Crippen LogP contribution in [0.25, 0.3) is 11.3 Å². The first kappa shape index (κ1) is 13.9. The van der Waals surface area contributed by atoms with Gasteiger partial charge in [-0.25, -0.2) is 0 Å². The summed E-state index contributed by atoms with van der Waals surface area (Å²) in [6.45, 7) is 2.03. The number of ether oxygens (including phenoxy) is 1. The molecule has 0 aliphatic rings. The van der Waals surface area contributed by atoms with Gasteiger partial charge in [0.2, 0.25) is 5.75 Å². The highest BCUT2D eigenvalue weighted by Crippen LogP contribution is 2.39. The molecule has 0 aliphatic carbocycles. The van der Waals surface area contributed by atoms with Gasteiger partial charge in [-0.1, -0.05) is 19.4 Å². The molecule has 2 rings (SSSR count). The van der Waals surface area contributed by atoms with Crippen molar-refractivity contribution in [3.63, 3.8) is 0 Å². The monoisotopic (exact) mass is 276 g/mol. The number of nitrogen functional groups attached to an aromatic ring is 1. The van der Waals surface area contributed by atoms with Crippen LogP contribution in [0.4, 0.5) is 11.5 Å². The van der Waals surface area contributed by atoms with Gasteiger partial charge in [0.05, 0.1) is 17.7 Å². The van der Waals surface area contributed by atoms with Crippen LogP contribution < -0.4 is 10.5 Å². The Hall–Kier alpha value is -2.57. The number of hydrogen-bond acceptors (Lipinski definition) is 5. The maximum atomic E-state index is 11.1. The van der Waals surface area contributed by atoms with Crippen LogP contribution in [0.5, 0.6) is 5.75 Å². The molecule has 0 fully saturated rings. The maximum Gasteiger partial charge on any atom is 0.311 e. The summed E-state index contributed by atoms with van der Waals surface area (Å²) in [5.41, 5.74) is 7.87. The van der Waals surface area contributed by atoms with Crippen molar-refractivity contribution in [1.29, 1.82) is 0 Å². The molecule has 2 aromatic rings. The van der Waals surface area contributed by atoms with Gasteiger partial charge in [0.1, 0.15) is 5.82 Å². The first-order valence-corrected chi connectivity index (χ1v) is 6.24. The van der Waals surface area contributed by atoms with Crippen molar-refractivity contribution in [3.8, 4) is 17.0 Å². The number of H-pyrrole nitrogens is 1. The zero-order valence-corrected chi connectivity index (χ0v) is 11.3. The largest absolute Gasteiger partial charge is 0.490 e. The lowest BCUT2D eigenvalue weighted by Gasteiger charge is -2.09. The highest BCUT2D eigenvalue weighted by atomic mass is 16.6. The van der Waals surface area contributed by atoms with Gasteiger partial charge >= 0.3 is 5.69 Å². The van der Waals surface area contributed by atoms with Gasteiger partial charge in [-0.15, -0.1) is 0 Å². The molecule has 0 unspecified atom stereocenters. The summed E-state index contributed by atoms with van der Waals surface area (Å²) in [5, 5.41) is 17.9. The van der Waals surface area contributed by atoms with E-state index >= 15 is 0 Å². The SMILES string of the molecule is CCCc1c(N)n[nH]c1-c1cccc([N+](=O)[O-])c1OC. The van der Waals surface area contributed by atoms with E-state index in [2.05, 4.69) is 10.2 Å². The predicted octanol–water partition coefficient (Wildman–Crippen LogP) is 2.53. The Kier molecular flexibility index (Phi) is 3.88. The number of benzene rings is 1. The van der Waals surface area contributed by atoms with Gasteiger partial charge in [0.15, 0.2) is 0 Å². The van der Waals surface area contributed by atoms with E-state index < -0.39 is 4.92 Å². The molecule has 0 aliphatic heterocycles. The number of nitro benzene ring substituents is 1. The van der Waals surface area contributed by atoms with Crippen molar-refractivity contribution in [2.45, 2.75) is 19.8 Å². The summed E-state index contributed by atoms with van der Waals surface area (Å²) in [6, 6.07) is 4.77. The molecule has 106 valence electrons. The molecule has 0 atom stereocenters. The predicted molar refractivity (Wildman–Crippen MR) is 75.6 cm³/mol. The van der Waals surface area contributed by atoms with Crippen LogP contribution in [0.3, 0.4) is 0 Å². The highest BCUT2D eigenvalue weighted by Gasteiger charge is 2.22. The van der Waals surface area contributed by atoms with Crippen LogP contribution in [-0.4, -0.2) is 22.2 Å². The molecule has 1 aromatic heterocycles. The number of nitro groups is 1. The zero-order chi connectivity index (χ0) is 14.7. The van der Waals surface area contributed by atoms with Crippen molar-refractivity contribution in [1.82, 2.24) is 10.2 Å². The Morgan fingerprint density at radius 2 is 2.25 bits per heavy atom. The average molecular weight is 276 g/mol. The van der Waals surface area contributed by atoms with Crippen LogP contribution in [-0.2, 0) is 6.42 Å². The summed E-state index contributed by atoms with van der Waals surface area (Å²) < 4.78 is 5.20. The molecule has 1 heterocycles. The molecule has 20 heavy (non-hydrogen) atoms. The maximum absolute atomic E-state index is 11.1. The lowest BCUT2D eigenvalue weighted by molar-refractivity contribution is -0.385. The summed E-state index contributed by atoms with van der Waals surface area (Å²) in [7, 11) is 1.41. The molecule has 0 spiro atoms. The fraction of sp³-hybridized carbons (Fsp3) is 0.308. The Morgan fingerprint density at radius 3 is 2.85 bits per heavy atom. The summed E-state index contributed by atoms with van der Waals surface area (Å²) in [5.74, 6) is 0.619. The second kappa shape index (κ2) is 5.60. The molecular formula is C13H16N4O3. The van der Waals surface area contributed by atoms with Gasteiger partial charge < -0.3 is 10.5 Å². The second-order valence-electron chi connectivity index (χ2n) is 4.33. The van der Waals surface area contributed by atoms with Gasteiger partial charge in [0, 0.05) is 17.2 Å². The Labute approximate surface area is 115 Å². The van der Waals surface area contributed by atoms with Crippen molar-refractivity contribution < 1.29 is 9.66 Å². The first-order chi connectivity index (χ1) is 9.60. The molecule has 1 aromatic carbocycles. The van der Waals surface area contributed by atoms with Crippen LogP contribution >= 0.6 is 0 Å². The Morgan fingerprint density at radius 1 is 1.50 bits per heavy atom. The fourth-order valence-electron chi connectivity index (χ4n) is 2.19. The third-order valence-electron chi connectivity index (χ3n) is 3.06. The van der Waals surface area contributed by atoms with Crippen molar-refractivity contribution in [2.75, 3.05) is 12.8 Å². The minimum Gasteiger partial charge on any atom is -0.490 e. The van der Waals surface area contributed by atoms with E-state index in [1.165, 1.54) is 13.2 Å². The molecular weight excluding hydrogens is 260 g/mol. The van der Waals surface area contributed by atoms with Gasteiger partial charge in [-0.3, -0.25) is 15.2 Å². The third-order valence-corrected chi connectivity index (χ3v) is 3.06. The number of nitrogens with two attached hydrogens (primary N) is 1. The van der Waals surface area contributed by atoms with Crippen molar-refractivity contribution >= 4 is 11.5 Å². The van der Waals surface area contributed by atoms with E-state index in [0.717, 1.165) is 18.4 Å². The second-order valence-corrected chi connectivity index (χ2v) is 4.33. The third kappa shape index (κ3) is 2.29.